The number of aromatic nitrogens is 4. The van der Waals surface area contributed by atoms with E-state index in [4.69, 9.17) is 0 Å². The highest BCUT2D eigenvalue weighted by Gasteiger charge is 2.22. The van der Waals surface area contributed by atoms with E-state index >= 15 is 0 Å². The molecule has 0 aliphatic carbocycles. The molecule has 9 heteroatoms. The number of aromatic amines is 1. The third-order valence-corrected chi connectivity index (χ3v) is 5.31. The molecule has 1 aliphatic heterocycles. The molecule has 3 heterocycles. The number of imidazole rings is 1. The molecule has 2 aromatic heterocycles. The Balaban J connectivity index is 1.70. The summed E-state index contributed by atoms with van der Waals surface area (Å²) in [5, 5.41) is 4.32. The Morgan fingerprint density at radius 2 is 1.97 bits per heavy atom. The van der Waals surface area contributed by atoms with Crippen molar-refractivity contribution in [1.29, 1.82) is 0 Å². The maximum absolute atomic E-state index is 12.6. The molecule has 2 N–H and O–H groups in total. The van der Waals surface area contributed by atoms with Gasteiger partial charge in [0, 0.05) is 26.4 Å². The van der Waals surface area contributed by atoms with Crippen molar-refractivity contribution in [3.05, 3.63) is 50.7 Å². The van der Waals surface area contributed by atoms with Crippen LogP contribution in [0.15, 0.2) is 39.0 Å². The minimum atomic E-state index is -0.466. The van der Waals surface area contributed by atoms with Gasteiger partial charge in [0.2, 0.25) is 5.95 Å². The normalized spacial score (nSPS) is 14.8. The molecule has 0 unspecified atom stereocenters. The first kappa shape index (κ1) is 19.0. The van der Waals surface area contributed by atoms with Crippen LogP contribution in [-0.4, -0.2) is 38.4 Å². The summed E-state index contributed by atoms with van der Waals surface area (Å²) in [6.07, 6.45) is 5.08. The van der Waals surface area contributed by atoms with Gasteiger partial charge in [-0.3, -0.25) is 24.3 Å². The number of para-hydroxylation sites is 1. The van der Waals surface area contributed by atoms with Crippen molar-refractivity contribution in [2.75, 3.05) is 23.4 Å². The van der Waals surface area contributed by atoms with E-state index in [0.717, 1.165) is 37.2 Å². The van der Waals surface area contributed by atoms with Gasteiger partial charge in [-0.1, -0.05) is 18.2 Å². The number of hydrazone groups is 1. The minimum absolute atomic E-state index is 0.364. The molecule has 0 spiro atoms. The number of aryl methyl sites for hydroxylation is 2. The Kier molecular flexibility index (Phi) is 5.20. The monoisotopic (exact) mass is 395 g/mol. The lowest BCUT2D eigenvalue weighted by molar-refractivity contribution is 0.562. The highest BCUT2D eigenvalue weighted by Crippen LogP contribution is 2.22. The predicted molar refractivity (Wildman–Crippen MR) is 115 cm³/mol. The lowest BCUT2D eigenvalue weighted by atomic mass is 10.1. The fraction of sp³-hybridized carbons (Fsp3) is 0.400. The van der Waals surface area contributed by atoms with Crippen LogP contribution in [0.4, 0.5) is 11.6 Å². The SMILES string of the molecule is Cc1ccccc1N/N=C/Cn1c(N2CCCCC2)nc2c1c(=O)[nH]c(=O)n2C. The highest BCUT2D eigenvalue weighted by molar-refractivity contribution is 5.76. The van der Waals surface area contributed by atoms with Crippen molar-refractivity contribution in [2.24, 2.45) is 12.1 Å². The van der Waals surface area contributed by atoms with Crippen molar-refractivity contribution in [1.82, 2.24) is 19.1 Å². The van der Waals surface area contributed by atoms with Gasteiger partial charge in [0.05, 0.1) is 12.2 Å². The summed E-state index contributed by atoms with van der Waals surface area (Å²) in [4.78, 5) is 33.8. The number of H-pyrrole nitrogens is 1. The van der Waals surface area contributed by atoms with E-state index in [-0.39, 0.29) is 0 Å². The van der Waals surface area contributed by atoms with Gasteiger partial charge in [-0.05, 0) is 37.8 Å². The van der Waals surface area contributed by atoms with Gasteiger partial charge in [0.25, 0.3) is 5.56 Å². The molecule has 29 heavy (non-hydrogen) atoms. The first-order valence-corrected chi connectivity index (χ1v) is 9.84. The topological polar surface area (TPSA) is 100 Å². The van der Waals surface area contributed by atoms with Gasteiger partial charge in [-0.25, -0.2) is 4.79 Å². The van der Waals surface area contributed by atoms with Crippen LogP contribution in [0.2, 0.25) is 0 Å². The molecule has 9 nitrogen and oxygen atoms in total. The lowest BCUT2D eigenvalue weighted by Gasteiger charge is -2.27. The Morgan fingerprint density at radius 1 is 1.21 bits per heavy atom. The van der Waals surface area contributed by atoms with Crippen molar-refractivity contribution >= 4 is 29.0 Å². The zero-order chi connectivity index (χ0) is 20.4. The summed E-state index contributed by atoms with van der Waals surface area (Å²) in [5.74, 6) is 0.703. The number of nitrogens with zero attached hydrogens (tertiary/aromatic N) is 5. The standard InChI is InChI=1S/C20H25N7O2/c1-14-8-4-5-9-15(14)24-21-10-13-27-16-17(25(2)20(29)23-18(16)28)22-19(27)26-11-6-3-7-12-26/h4-5,8-10,24H,3,6-7,11-13H2,1-2H3,(H,23,28,29)/b21-10+. The Labute approximate surface area is 167 Å². The van der Waals surface area contributed by atoms with Gasteiger partial charge in [-0.15, -0.1) is 0 Å². The molecule has 1 fully saturated rings. The van der Waals surface area contributed by atoms with Crippen molar-refractivity contribution in [3.8, 4) is 0 Å². The molecule has 0 amide bonds. The second kappa shape index (κ2) is 7.94. The van der Waals surface area contributed by atoms with Crippen LogP contribution in [0.1, 0.15) is 24.8 Å². The van der Waals surface area contributed by atoms with Crippen LogP contribution in [0.5, 0.6) is 0 Å². The van der Waals surface area contributed by atoms with Gasteiger partial charge >= 0.3 is 5.69 Å². The molecular formula is C20H25N7O2. The van der Waals surface area contributed by atoms with E-state index in [9.17, 15) is 9.59 Å². The van der Waals surface area contributed by atoms with Crippen molar-refractivity contribution < 1.29 is 0 Å². The fourth-order valence-corrected chi connectivity index (χ4v) is 3.67. The molecule has 0 radical (unpaired) electrons. The summed E-state index contributed by atoms with van der Waals surface area (Å²) in [6.45, 7) is 4.14. The maximum atomic E-state index is 12.6. The molecule has 0 bridgehead atoms. The number of piperidine rings is 1. The van der Waals surface area contributed by atoms with Gasteiger partial charge in [-0.2, -0.15) is 10.1 Å². The predicted octanol–water partition coefficient (Wildman–Crippen LogP) is 1.82. The average molecular weight is 395 g/mol. The number of benzene rings is 1. The first-order valence-electron chi connectivity index (χ1n) is 9.84. The molecule has 0 atom stereocenters. The van der Waals surface area contributed by atoms with E-state index < -0.39 is 11.2 Å². The summed E-state index contributed by atoms with van der Waals surface area (Å²) < 4.78 is 3.21. The molecule has 152 valence electrons. The summed E-state index contributed by atoms with van der Waals surface area (Å²) in [6, 6.07) is 7.89. The van der Waals surface area contributed by atoms with Crippen LogP contribution < -0.4 is 21.6 Å². The lowest BCUT2D eigenvalue weighted by Crippen LogP contribution is -2.32. The molecule has 3 aromatic rings. The quantitative estimate of drug-likeness (QED) is 0.507. The molecule has 0 saturated carbocycles. The molecule has 1 saturated heterocycles. The number of hydrogen-bond donors (Lipinski definition) is 2. The van der Waals surface area contributed by atoms with Gasteiger partial charge < -0.3 is 4.90 Å². The van der Waals surface area contributed by atoms with Crippen LogP contribution in [0, 0.1) is 6.92 Å². The summed E-state index contributed by atoms with van der Waals surface area (Å²) in [7, 11) is 1.62. The van der Waals surface area contributed by atoms with E-state index in [1.165, 1.54) is 11.0 Å². The summed E-state index contributed by atoms with van der Waals surface area (Å²) in [5.41, 5.74) is 4.94. The second-order valence-corrected chi connectivity index (χ2v) is 7.30. The van der Waals surface area contributed by atoms with Crippen LogP contribution in [0.3, 0.4) is 0 Å². The van der Waals surface area contributed by atoms with E-state index in [0.29, 0.717) is 23.7 Å². The van der Waals surface area contributed by atoms with E-state index in [1.54, 1.807) is 13.3 Å². The van der Waals surface area contributed by atoms with Crippen LogP contribution in [0.25, 0.3) is 11.2 Å². The fourth-order valence-electron chi connectivity index (χ4n) is 3.67. The van der Waals surface area contributed by atoms with Gasteiger partial charge in [0.1, 0.15) is 0 Å². The smallest absolute Gasteiger partial charge is 0.329 e. The zero-order valence-corrected chi connectivity index (χ0v) is 16.7. The molecular weight excluding hydrogens is 370 g/mol. The van der Waals surface area contributed by atoms with Gasteiger partial charge in [0.15, 0.2) is 11.2 Å². The number of nitrogens with one attached hydrogen (secondary N) is 2. The largest absolute Gasteiger partial charge is 0.342 e. The number of hydrogen-bond acceptors (Lipinski definition) is 6. The van der Waals surface area contributed by atoms with Crippen LogP contribution >= 0.6 is 0 Å². The summed E-state index contributed by atoms with van der Waals surface area (Å²) >= 11 is 0. The number of anilines is 2. The third-order valence-electron chi connectivity index (χ3n) is 5.31. The second-order valence-electron chi connectivity index (χ2n) is 7.30. The maximum Gasteiger partial charge on any atom is 0.329 e. The van der Waals surface area contributed by atoms with Crippen molar-refractivity contribution in [2.45, 2.75) is 32.7 Å². The third kappa shape index (κ3) is 3.67. The van der Waals surface area contributed by atoms with Crippen LogP contribution in [-0.2, 0) is 13.6 Å². The highest BCUT2D eigenvalue weighted by atomic mass is 16.2. The molecule has 4 rings (SSSR count). The van der Waals surface area contributed by atoms with E-state index in [2.05, 4.69) is 25.4 Å². The first-order chi connectivity index (χ1) is 14.1. The average Bonchev–Trinajstić information content (AvgIpc) is 3.11. The molecule has 1 aromatic carbocycles. The van der Waals surface area contributed by atoms with Crippen molar-refractivity contribution in [3.63, 3.8) is 0 Å². The number of rotatable bonds is 5. The molecule has 1 aliphatic rings. The Morgan fingerprint density at radius 3 is 2.72 bits per heavy atom. The Hall–Kier alpha value is -3.36. The van der Waals surface area contributed by atoms with E-state index in [1.807, 2.05) is 35.8 Å². The number of fused-ring (bicyclic) bond motifs is 1. The minimum Gasteiger partial charge on any atom is -0.342 e. The zero-order valence-electron chi connectivity index (χ0n) is 16.7. The Bertz CT molecular complexity index is 1170.